The number of halogens is 1. The largest absolute Gasteiger partial charge is 0.384 e. The van der Waals surface area contributed by atoms with Gasteiger partial charge in [-0.3, -0.25) is 0 Å². The van der Waals surface area contributed by atoms with E-state index in [0.29, 0.717) is 13.0 Å². The summed E-state index contributed by atoms with van der Waals surface area (Å²) in [6.45, 7) is 4.37. The van der Waals surface area contributed by atoms with Crippen molar-refractivity contribution in [1.82, 2.24) is 0 Å². The summed E-state index contributed by atoms with van der Waals surface area (Å²) in [6.07, 6.45) is 0.635. The molecule has 0 atom stereocenters. The van der Waals surface area contributed by atoms with Crippen LogP contribution in [0.1, 0.15) is 18.9 Å². The van der Waals surface area contributed by atoms with E-state index < -0.39 is 9.84 Å². The molecule has 0 aliphatic heterocycles. The summed E-state index contributed by atoms with van der Waals surface area (Å²) >= 11 is 3.50. The second-order valence-electron chi connectivity index (χ2n) is 3.95. The van der Waals surface area contributed by atoms with Crippen LogP contribution in [0.3, 0.4) is 0 Å². The van der Waals surface area contributed by atoms with Gasteiger partial charge in [-0.05, 0) is 40.9 Å². The number of hydrogen-bond acceptors (Lipinski definition) is 3. The number of anilines is 1. The molecule has 96 valence electrons. The van der Waals surface area contributed by atoms with Crippen LogP contribution in [0.15, 0.2) is 22.7 Å². The van der Waals surface area contributed by atoms with Gasteiger partial charge in [0.05, 0.1) is 5.75 Å². The van der Waals surface area contributed by atoms with Crippen molar-refractivity contribution < 1.29 is 8.42 Å². The lowest BCUT2D eigenvalue weighted by Gasteiger charge is -2.10. The minimum Gasteiger partial charge on any atom is -0.384 e. The van der Waals surface area contributed by atoms with Gasteiger partial charge in [-0.25, -0.2) is 8.42 Å². The highest BCUT2D eigenvalue weighted by molar-refractivity contribution is 9.10. The molecule has 0 amide bonds. The highest BCUT2D eigenvalue weighted by atomic mass is 79.9. The van der Waals surface area contributed by atoms with E-state index in [2.05, 4.69) is 21.2 Å². The molecule has 1 aromatic carbocycles. The lowest BCUT2D eigenvalue weighted by Crippen LogP contribution is -2.13. The molecule has 0 aromatic heterocycles. The Bertz CT molecular complexity index is 471. The predicted octanol–water partition coefficient (Wildman–Crippen LogP) is 2.99. The smallest absolute Gasteiger partial charge is 0.150 e. The molecule has 0 radical (unpaired) electrons. The highest BCUT2D eigenvalue weighted by Crippen LogP contribution is 2.25. The maximum absolute atomic E-state index is 11.3. The maximum Gasteiger partial charge on any atom is 0.150 e. The summed E-state index contributed by atoms with van der Waals surface area (Å²) in [6, 6.07) is 5.98. The first kappa shape index (κ1) is 14.5. The second-order valence-corrected chi connectivity index (χ2v) is 7.22. The molecule has 0 aliphatic rings. The standard InChI is InChI=1S/C12H18BrNO2S/c1-3-17(15,16)9-5-8-14-11-7-4-6-10(2)12(11)13/h4,6-7,14H,3,5,8-9H2,1-2H3. The molecule has 1 rings (SSSR count). The normalized spacial score (nSPS) is 11.5. The van der Waals surface area contributed by atoms with Gasteiger partial charge >= 0.3 is 0 Å². The fraction of sp³-hybridized carbons (Fsp3) is 0.500. The fourth-order valence-corrected chi connectivity index (χ4v) is 2.72. The molecule has 0 spiro atoms. The zero-order valence-electron chi connectivity index (χ0n) is 10.2. The van der Waals surface area contributed by atoms with Crippen LogP contribution < -0.4 is 5.32 Å². The van der Waals surface area contributed by atoms with E-state index in [4.69, 9.17) is 0 Å². The van der Waals surface area contributed by atoms with Crippen LogP contribution in [0.2, 0.25) is 0 Å². The third kappa shape index (κ3) is 4.68. The molecule has 0 unspecified atom stereocenters. The van der Waals surface area contributed by atoms with Gasteiger partial charge in [0.2, 0.25) is 0 Å². The van der Waals surface area contributed by atoms with Crippen molar-refractivity contribution in [2.24, 2.45) is 0 Å². The van der Waals surface area contributed by atoms with E-state index in [9.17, 15) is 8.42 Å². The Morgan fingerprint density at radius 2 is 2.06 bits per heavy atom. The van der Waals surface area contributed by atoms with Crippen LogP contribution in [0.4, 0.5) is 5.69 Å². The fourth-order valence-electron chi connectivity index (χ4n) is 1.44. The van der Waals surface area contributed by atoms with Gasteiger partial charge in [0.1, 0.15) is 9.84 Å². The van der Waals surface area contributed by atoms with Crippen LogP contribution >= 0.6 is 15.9 Å². The Morgan fingerprint density at radius 3 is 2.71 bits per heavy atom. The summed E-state index contributed by atoms with van der Waals surface area (Å²) in [5.74, 6) is 0.473. The van der Waals surface area contributed by atoms with Gasteiger partial charge in [0.25, 0.3) is 0 Å². The number of nitrogens with one attached hydrogen (secondary N) is 1. The van der Waals surface area contributed by atoms with E-state index in [-0.39, 0.29) is 11.5 Å². The molecule has 1 N–H and O–H groups in total. The maximum atomic E-state index is 11.3. The zero-order chi connectivity index (χ0) is 12.9. The lowest BCUT2D eigenvalue weighted by molar-refractivity contribution is 0.595. The predicted molar refractivity (Wildman–Crippen MR) is 76.3 cm³/mol. The van der Waals surface area contributed by atoms with E-state index in [1.807, 2.05) is 25.1 Å². The Hall–Kier alpha value is -0.550. The SMILES string of the molecule is CCS(=O)(=O)CCCNc1cccc(C)c1Br. The number of aryl methyl sites for hydroxylation is 1. The van der Waals surface area contributed by atoms with Crippen molar-refractivity contribution in [3.63, 3.8) is 0 Å². The molecule has 0 bridgehead atoms. The van der Waals surface area contributed by atoms with Crippen molar-refractivity contribution in [3.8, 4) is 0 Å². The summed E-state index contributed by atoms with van der Waals surface area (Å²) in [4.78, 5) is 0. The summed E-state index contributed by atoms with van der Waals surface area (Å²) in [7, 11) is -2.84. The molecule has 0 fully saturated rings. The van der Waals surface area contributed by atoms with Gasteiger partial charge in [-0.1, -0.05) is 19.1 Å². The lowest BCUT2D eigenvalue weighted by atomic mass is 10.2. The van der Waals surface area contributed by atoms with Crippen LogP contribution in [0.25, 0.3) is 0 Å². The van der Waals surface area contributed by atoms with Crippen molar-refractivity contribution in [2.45, 2.75) is 20.3 Å². The topological polar surface area (TPSA) is 46.2 Å². The average molecular weight is 320 g/mol. The third-order valence-corrected chi connectivity index (χ3v) is 5.42. The second kappa shape index (κ2) is 6.40. The summed E-state index contributed by atoms with van der Waals surface area (Å²) in [5, 5.41) is 3.24. The number of hydrogen-bond donors (Lipinski definition) is 1. The Balaban J connectivity index is 2.44. The average Bonchev–Trinajstić information content (AvgIpc) is 2.30. The minimum absolute atomic E-state index is 0.223. The molecule has 0 saturated carbocycles. The van der Waals surface area contributed by atoms with Gasteiger partial charge in [0.15, 0.2) is 0 Å². The van der Waals surface area contributed by atoms with Crippen LogP contribution in [-0.2, 0) is 9.84 Å². The van der Waals surface area contributed by atoms with E-state index in [0.717, 1.165) is 15.7 Å². The molecule has 0 heterocycles. The third-order valence-electron chi connectivity index (χ3n) is 2.58. The monoisotopic (exact) mass is 319 g/mol. The first-order valence-electron chi connectivity index (χ1n) is 5.65. The number of sulfone groups is 1. The van der Waals surface area contributed by atoms with Crippen molar-refractivity contribution in [2.75, 3.05) is 23.4 Å². The minimum atomic E-state index is -2.84. The molecular formula is C12H18BrNO2S. The Kier molecular flexibility index (Phi) is 5.46. The summed E-state index contributed by atoms with van der Waals surface area (Å²) in [5.41, 5.74) is 2.18. The van der Waals surface area contributed by atoms with E-state index in [1.165, 1.54) is 0 Å². The van der Waals surface area contributed by atoms with E-state index in [1.54, 1.807) is 6.92 Å². The van der Waals surface area contributed by atoms with Gasteiger partial charge < -0.3 is 5.32 Å². The first-order chi connectivity index (χ1) is 7.96. The molecule has 17 heavy (non-hydrogen) atoms. The Morgan fingerprint density at radius 1 is 1.35 bits per heavy atom. The number of benzene rings is 1. The molecule has 5 heteroatoms. The molecule has 0 saturated heterocycles. The van der Waals surface area contributed by atoms with Crippen molar-refractivity contribution in [3.05, 3.63) is 28.2 Å². The van der Waals surface area contributed by atoms with Gasteiger partial charge in [-0.2, -0.15) is 0 Å². The Labute approximate surface area is 112 Å². The van der Waals surface area contributed by atoms with Crippen molar-refractivity contribution in [1.29, 1.82) is 0 Å². The number of rotatable bonds is 6. The van der Waals surface area contributed by atoms with Crippen LogP contribution in [0.5, 0.6) is 0 Å². The van der Waals surface area contributed by atoms with Crippen molar-refractivity contribution >= 4 is 31.5 Å². The molecule has 3 nitrogen and oxygen atoms in total. The van der Waals surface area contributed by atoms with Crippen LogP contribution in [-0.4, -0.2) is 26.5 Å². The first-order valence-corrected chi connectivity index (χ1v) is 8.27. The summed E-state index contributed by atoms with van der Waals surface area (Å²) < 4.78 is 23.6. The van der Waals surface area contributed by atoms with Crippen LogP contribution in [0, 0.1) is 6.92 Å². The highest BCUT2D eigenvalue weighted by Gasteiger charge is 2.07. The molecule has 0 aliphatic carbocycles. The quantitative estimate of drug-likeness (QED) is 0.820. The van der Waals surface area contributed by atoms with Gasteiger partial charge in [-0.15, -0.1) is 0 Å². The van der Waals surface area contributed by atoms with E-state index >= 15 is 0 Å². The van der Waals surface area contributed by atoms with Gasteiger partial charge in [0, 0.05) is 22.5 Å². The molecular weight excluding hydrogens is 302 g/mol. The zero-order valence-corrected chi connectivity index (χ0v) is 12.6. The molecule has 1 aromatic rings.